The summed E-state index contributed by atoms with van der Waals surface area (Å²) in [6.45, 7) is 5.25. The molecule has 0 spiro atoms. The molecule has 0 aliphatic rings. The molecule has 0 heterocycles. The zero-order chi connectivity index (χ0) is 16.7. The van der Waals surface area contributed by atoms with Gasteiger partial charge in [0.15, 0.2) is 0 Å². The molecule has 23 heavy (non-hydrogen) atoms. The van der Waals surface area contributed by atoms with Crippen molar-refractivity contribution in [1.82, 2.24) is 4.90 Å². The SMILES string of the molecule is CC(C)C(O)C(F)CN(Cc1ccccc1)Cc1ccccc1. The van der Waals surface area contributed by atoms with Gasteiger partial charge in [-0.2, -0.15) is 0 Å². The summed E-state index contributed by atoms with van der Waals surface area (Å²) in [6.07, 6.45) is -2.17. The highest BCUT2D eigenvalue weighted by atomic mass is 19.1. The van der Waals surface area contributed by atoms with Gasteiger partial charge in [0.25, 0.3) is 0 Å². The molecule has 2 rings (SSSR count). The van der Waals surface area contributed by atoms with E-state index >= 15 is 0 Å². The van der Waals surface area contributed by atoms with Crippen LogP contribution in [0, 0.1) is 5.92 Å². The van der Waals surface area contributed by atoms with Crippen LogP contribution in [0.25, 0.3) is 0 Å². The molecule has 0 aliphatic heterocycles. The fourth-order valence-corrected chi connectivity index (χ4v) is 2.64. The van der Waals surface area contributed by atoms with E-state index in [1.54, 1.807) is 0 Å². The Kier molecular flexibility index (Phi) is 6.75. The number of hydrogen-bond donors (Lipinski definition) is 1. The van der Waals surface area contributed by atoms with Crippen LogP contribution in [0.1, 0.15) is 25.0 Å². The molecule has 124 valence electrons. The first-order valence-corrected chi connectivity index (χ1v) is 8.18. The van der Waals surface area contributed by atoms with Crippen LogP contribution in [-0.2, 0) is 13.1 Å². The minimum atomic E-state index is -1.25. The molecule has 3 heteroatoms. The lowest BCUT2D eigenvalue weighted by Crippen LogP contribution is -2.38. The van der Waals surface area contributed by atoms with Crippen molar-refractivity contribution in [1.29, 1.82) is 0 Å². The van der Waals surface area contributed by atoms with E-state index in [2.05, 4.69) is 4.90 Å². The third-order valence-electron chi connectivity index (χ3n) is 3.98. The average Bonchev–Trinajstić information content (AvgIpc) is 2.55. The first-order chi connectivity index (χ1) is 11.1. The Morgan fingerprint density at radius 1 is 0.870 bits per heavy atom. The number of aliphatic hydroxyl groups excluding tert-OH is 1. The molecular weight excluding hydrogens is 289 g/mol. The van der Waals surface area contributed by atoms with Gasteiger partial charge in [0.1, 0.15) is 6.17 Å². The minimum absolute atomic E-state index is 0.0831. The quantitative estimate of drug-likeness (QED) is 0.794. The van der Waals surface area contributed by atoms with Gasteiger partial charge in [-0.15, -0.1) is 0 Å². The fraction of sp³-hybridized carbons (Fsp3) is 0.400. The topological polar surface area (TPSA) is 23.5 Å². The molecule has 1 N–H and O–H groups in total. The first-order valence-electron chi connectivity index (χ1n) is 8.18. The van der Waals surface area contributed by atoms with Crippen molar-refractivity contribution in [2.45, 2.75) is 39.2 Å². The van der Waals surface area contributed by atoms with Crippen LogP contribution in [0.3, 0.4) is 0 Å². The highest BCUT2D eigenvalue weighted by Gasteiger charge is 2.24. The molecule has 0 bridgehead atoms. The van der Waals surface area contributed by atoms with Crippen LogP contribution >= 0.6 is 0 Å². The summed E-state index contributed by atoms with van der Waals surface area (Å²) < 4.78 is 14.4. The van der Waals surface area contributed by atoms with Crippen LogP contribution < -0.4 is 0 Å². The summed E-state index contributed by atoms with van der Waals surface area (Å²) in [6, 6.07) is 20.1. The second kappa shape index (κ2) is 8.80. The van der Waals surface area contributed by atoms with Crippen LogP contribution in [0.5, 0.6) is 0 Å². The molecule has 0 amide bonds. The maximum atomic E-state index is 14.4. The summed E-state index contributed by atoms with van der Waals surface area (Å²) in [5.74, 6) is -0.0831. The Morgan fingerprint density at radius 2 is 1.30 bits per heavy atom. The lowest BCUT2D eigenvalue weighted by molar-refractivity contribution is 0.0187. The fourth-order valence-electron chi connectivity index (χ4n) is 2.64. The van der Waals surface area contributed by atoms with E-state index in [1.807, 2.05) is 74.5 Å². The number of alkyl halides is 1. The predicted octanol–water partition coefficient (Wildman–Crippen LogP) is 4.04. The molecule has 0 aromatic heterocycles. The molecule has 2 nitrogen and oxygen atoms in total. The number of rotatable bonds is 8. The van der Waals surface area contributed by atoms with E-state index < -0.39 is 12.3 Å². The van der Waals surface area contributed by atoms with Crippen molar-refractivity contribution in [2.24, 2.45) is 5.92 Å². The number of halogens is 1. The van der Waals surface area contributed by atoms with Gasteiger partial charge < -0.3 is 5.11 Å². The summed E-state index contributed by atoms with van der Waals surface area (Å²) in [7, 11) is 0. The Bertz CT molecular complexity index is 517. The van der Waals surface area contributed by atoms with E-state index in [1.165, 1.54) is 0 Å². The van der Waals surface area contributed by atoms with Gasteiger partial charge in [-0.1, -0.05) is 74.5 Å². The molecule has 0 fully saturated rings. The molecule has 2 aromatic carbocycles. The van der Waals surface area contributed by atoms with Crippen molar-refractivity contribution in [3.05, 3.63) is 71.8 Å². The van der Waals surface area contributed by atoms with Crippen molar-refractivity contribution >= 4 is 0 Å². The molecular formula is C20H26FNO. The molecule has 0 saturated heterocycles. The Balaban J connectivity index is 2.07. The van der Waals surface area contributed by atoms with Crippen LogP contribution in [0.2, 0.25) is 0 Å². The average molecular weight is 315 g/mol. The maximum Gasteiger partial charge on any atom is 0.139 e. The number of benzene rings is 2. The number of aliphatic hydroxyl groups is 1. The lowest BCUT2D eigenvalue weighted by Gasteiger charge is -2.27. The highest BCUT2D eigenvalue weighted by molar-refractivity contribution is 5.17. The summed E-state index contributed by atoms with van der Waals surface area (Å²) >= 11 is 0. The van der Waals surface area contributed by atoms with E-state index in [0.29, 0.717) is 13.1 Å². The molecule has 0 aliphatic carbocycles. The third kappa shape index (κ3) is 5.77. The number of hydrogen-bond acceptors (Lipinski definition) is 2. The van der Waals surface area contributed by atoms with Crippen LogP contribution in [-0.4, -0.2) is 28.8 Å². The summed E-state index contributed by atoms with van der Waals surface area (Å²) in [5, 5.41) is 9.97. The zero-order valence-corrected chi connectivity index (χ0v) is 13.9. The smallest absolute Gasteiger partial charge is 0.139 e. The Morgan fingerprint density at radius 3 is 1.70 bits per heavy atom. The van der Waals surface area contributed by atoms with Gasteiger partial charge >= 0.3 is 0 Å². The van der Waals surface area contributed by atoms with Crippen LogP contribution in [0.4, 0.5) is 4.39 Å². The van der Waals surface area contributed by atoms with Crippen molar-refractivity contribution in [2.75, 3.05) is 6.54 Å². The lowest BCUT2D eigenvalue weighted by atomic mass is 10.0. The van der Waals surface area contributed by atoms with Gasteiger partial charge in [-0.05, 0) is 17.0 Å². The third-order valence-corrected chi connectivity index (χ3v) is 3.98. The largest absolute Gasteiger partial charge is 0.390 e. The summed E-state index contributed by atoms with van der Waals surface area (Å²) in [5.41, 5.74) is 2.30. The second-order valence-corrected chi connectivity index (χ2v) is 6.39. The second-order valence-electron chi connectivity index (χ2n) is 6.39. The summed E-state index contributed by atoms with van der Waals surface area (Å²) in [4.78, 5) is 2.06. The van der Waals surface area contributed by atoms with E-state index in [0.717, 1.165) is 11.1 Å². The maximum absolute atomic E-state index is 14.4. The standard InChI is InChI=1S/C20H26FNO/c1-16(2)20(23)19(21)15-22(13-17-9-5-3-6-10-17)14-18-11-7-4-8-12-18/h3-12,16,19-20,23H,13-15H2,1-2H3. The normalized spacial score (nSPS) is 14.2. The first kappa shape index (κ1) is 17.6. The van der Waals surface area contributed by atoms with Gasteiger partial charge in [0, 0.05) is 19.6 Å². The zero-order valence-electron chi connectivity index (χ0n) is 13.9. The van der Waals surface area contributed by atoms with E-state index in [-0.39, 0.29) is 12.5 Å². The van der Waals surface area contributed by atoms with Gasteiger partial charge in [-0.25, -0.2) is 4.39 Å². The molecule has 2 aromatic rings. The number of nitrogens with zero attached hydrogens (tertiary/aromatic N) is 1. The predicted molar refractivity (Wildman–Crippen MR) is 92.7 cm³/mol. The van der Waals surface area contributed by atoms with Gasteiger partial charge in [-0.3, -0.25) is 4.90 Å². The van der Waals surface area contributed by atoms with Gasteiger partial charge in [0.2, 0.25) is 0 Å². The van der Waals surface area contributed by atoms with Gasteiger partial charge in [0.05, 0.1) is 6.10 Å². The molecule has 0 radical (unpaired) electrons. The Labute approximate surface area is 138 Å². The minimum Gasteiger partial charge on any atom is -0.390 e. The van der Waals surface area contributed by atoms with Crippen molar-refractivity contribution < 1.29 is 9.50 Å². The van der Waals surface area contributed by atoms with Crippen molar-refractivity contribution in [3.63, 3.8) is 0 Å². The van der Waals surface area contributed by atoms with E-state index in [9.17, 15) is 9.50 Å². The van der Waals surface area contributed by atoms with E-state index in [4.69, 9.17) is 0 Å². The molecule has 2 unspecified atom stereocenters. The molecule has 2 atom stereocenters. The van der Waals surface area contributed by atoms with Crippen molar-refractivity contribution in [3.8, 4) is 0 Å². The Hall–Kier alpha value is -1.71. The monoisotopic (exact) mass is 315 g/mol. The molecule has 0 saturated carbocycles. The highest BCUT2D eigenvalue weighted by Crippen LogP contribution is 2.15. The van der Waals surface area contributed by atoms with Crippen LogP contribution in [0.15, 0.2) is 60.7 Å².